The first-order valence-electron chi connectivity index (χ1n) is 7.44. The quantitative estimate of drug-likeness (QED) is 0.419. The molecule has 0 atom stereocenters. The topological polar surface area (TPSA) is 96.0 Å². The summed E-state index contributed by atoms with van der Waals surface area (Å²) in [6.07, 6.45) is 1.28. The van der Waals surface area contributed by atoms with Gasteiger partial charge in [-0.2, -0.15) is 0 Å². The Morgan fingerprint density at radius 2 is 1.64 bits per heavy atom. The van der Waals surface area contributed by atoms with Crippen LogP contribution >= 0.6 is 0 Å². The maximum Gasteiger partial charge on any atom is 0.270 e. The Bertz CT molecular complexity index is 953. The lowest BCUT2D eigenvalue weighted by Gasteiger charge is -2.05. The highest BCUT2D eigenvalue weighted by molar-refractivity contribution is 5.87. The summed E-state index contributed by atoms with van der Waals surface area (Å²) in [7, 11) is 0. The summed E-state index contributed by atoms with van der Waals surface area (Å²) in [5.41, 5.74) is 2.15. The van der Waals surface area contributed by atoms with Crippen LogP contribution in [0, 0.1) is 10.1 Å². The molecule has 0 aromatic heterocycles. The summed E-state index contributed by atoms with van der Waals surface area (Å²) < 4.78 is 0. The molecule has 0 saturated carbocycles. The molecule has 0 radical (unpaired) electrons. The highest BCUT2D eigenvalue weighted by atomic mass is 16.6. The molecule has 3 aromatic rings. The number of aliphatic imine (C=N–C) groups is 1. The average Bonchev–Trinajstić information content (AvgIpc) is 2.62. The Hall–Kier alpha value is -3.67. The van der Waals surface area contributed by atoms with Gasteiger partial charge in [0.2, 0.25) is 0 Å². The fraction of sp³-hybridized carbons (Fsp3) is 0. The van der Waals surface area contributed by atoms with E-state index in [0.29, 0.717) is 5.69 Å². The fourth-order valence-corrected chi connectivity index (χ4v) is 2.34. The third-order valence-corrected chi connectivity index (χ3v) is 3.65. The van der Waals surface area contributed by atoms with Crippen molar-refractivity contribution in [1.82, 2.24) is 0 Å². The van der Waals surface area contributed by atoms with Crippen molar-refractivity contribution in [2.45, 2.75) is 0 Å². The Morgan fingerprint density at radius 1 is 0.880 bits per heavy atom. The Labute approximate surface area is 143 Å². The Kier molecular flexibility index (Phi) is 4.43. The third-order valence-electron chi connectivity index (χ3n) is 3.65. The van der Waals surface area contributed by atoms with Gasteiger partial charge in [-0.15, -0.1) is 0 Å². The average molecular weight is 334 g/mol. The number of phenolic OH excluding ortho intramolecular Hbond substituents is 2. The van der Waals surface area contributed by atoms with Crippen molar-refractivity contribution >= 4 is 17.6 Å². The number of hydrogen-bond donors (Lipinski definition) is 2. The van der Waals surface area contributed by atoms with Gasteiger partial charge in [-0.25, -0.2) is 0 Å². The highest BCUT2D eigenvalue weighted by Crippen LogP contribution is 2.32. The largest absolute Gasteiger partial charge is 0.507 e. The molecule has 6 heteroatoms. The van der Waals surface area contributed by atoms with E-state index in [2.05, 4.69) is 4.99 Å². The molecular weight excluding hydrogens is 320 g/mol. The van der Waals surface area contributed by atoms with E-state index in [1.165, 1.54) is 24.4 Å². The molecule has 6 nitrogen and oxygen atoms in total. The smallest absolute Gasteiger partial charge is 0.270 e. The van der Waals surface area contributed by atoms with Crippen LogP contribution in [0.1, 0.15) is 5.56 Å². The van der Waals surface area contributed by atoms with E-state index in [0.717, 1.165) is 11.1 Å². The Morgan fingerprint density at radius 3 is 2.32 bits per heavy atom. The first kappa shape index (κ1) is 16.2. The summed E-state index contributed by atoms with van der Waals surface area (Å²) in [6.45, 7) is 0. The molecule has 0 spiro atoms. The van der Waals surface area contributed by atoms with Crippen LogP contribution in [0.4, 0.5) is 11.4 Å². The second-order valence-electron chi connectivity index (χ2n) is 5.33. The number of nitro benzene ring substituents is 1. The van der Waals surface area contributed by atoms with Crippen LogP contribution in [0.3, 0.4) is 0 Å². The number of hydrogen-bond acceptors (Lipinski definition) is 5. The first-order chi connectivity index (χ1) is 12.0. The molecule has 0 bridgehead atoms. The molecule has 124 valence electrons. The predicted molar refractivity (Wildman–Crippen MR) is 95.6 cm³/mol. The molecule has 0 heterocycles. The molecular formula is C19H14N2O4. The number of benzene rings is 3. The molecule has 0 aliphatic carbocycles. The van der Waals surface area contributed by atoms with Gasteiger partial charge in [-0.1, -0.05) is 36.4 Å². The second kappa shape index (κ2) is 6.84. The van der Waals surface area contributed by atoms with E-state index in [1.807, 2.05) is 36.4 Å². The van der Waals surface area contributed by atoms with Crippen LogP contribution in [0.5, 0.6) is 11.5 Å². The number of nitrogens with zero attached hydrogens (tertiary/aromatic N) is 2. The van der Waals surface area contributed by atoms with Gasteiger partial charge in [-0.05, 0) is 29.3 Å². The minimum atomic E-state index is -0.553. The molecule has 3 aromatic carbocycles. The van der Waals surface area contributed by atoms with E-state index in [-0.39, 0.29) is 22.7 Å². The lowest BCUT2D eigenvalue weighted by molar-refractivity contribution is -0.384. The van der Waals surface area contributed by atoms with Crippen LogP contribution < -0.4 is 0 Å². The zero-order chi connectivity index (χ0) is 17.8. The van der Waals surface area contributed by atoms with Crippen molar-refractivity contribution in [1.29, 1.82) is 0 Å². The van der Waals surface area contributed by atoms with E-state index >= 15 is 0 Å². The number of rotatable bonds is 4. The molecule has 0 unspecified atom stereocenters. The molecule has 2 N–H and O–H groups in total. The number of nitro groups is 1. The van der Waals surface area contributed by atoms with Crippen LogP contribution in [-0.4, -0.2) is 21.4 Å². The monoisotopic (exact) mass is 334 g/mol. The second-order valence-corrected chi connectivity index (χ2v) is 5.33. The van der Waals surface area contributed by atoms with Gasteiger partial charge in [0.05, 0.1) is 4.92 Å². The zero-order valence-electron chi connectivity index (χ0n) is 13.0. The minimum absolute atomic E-state index is 0.0254. The zero-order valence-corrected chi connectivity index (χ0v) is 13.0. The van der Waals surface area contributed by atoms with Crippen molar-refractivity contribution in [2.24, 2.45) is 4.99 Å². The lowest BCUT2D eigenvalue weighted by atomic mass is 10.1. The first-order valence-corrected chi connectivity index (χ1v) is 7.44. The molecule has 0 saturated heterocycles. The molecule has 25 heavy (non-hydrogen) atoms. The number of phenols is 2. The number of aromatic hydroxyl groups is 2. The maximum absolute atomic E-state index is 10.8. The van der Waals surface area contributed by atoms with E-state index in [1.54, 1.807) is 12.1 Å². The molecule has 0 amide bonds. The standard InChI is InChI=1S/C19H14N2O4/c22-18-9-7-16(21(24)25)10-15(18)12-20-17-8-6-14(11-19(17)23)13-4-2-1-3-5-13/h1-12,22-23H. The lowest BCUT2D eigenvalue weighted by Crippen LogP contribution is -1.90. The minimum Gasteiger partial charge on any atom is -0.507 e. The van der Waals surface area contributed by atoms with E-state index in [9.17, 15) is 20.3 Å². The van der Waals surface area contributed by atoms with Crippen LogP contribution in [0.25, 0.3) is 11.1 Å². The summed E-state index contributed by atoms with van der Waals surface area (Å²) in [4.78, 5) is 14.4. The van der Waals surface area contributed by atoms with Crippen molar-refractivity contribution in [3.05, 3.63) is 82.4 Å². The normalized spacial score (nSPS) is 10.9. The van der Waals surface area contributed by atoms with Gasteiger partial charge in [-0.3, -0.25) is 15.1 Å². The summed E-state index contributed by atoms with van der Waals surface area (Å²) in [6, 6.07) is 18.3. The van der Waals surface area contributed by atoms with Gasteiger partial charge in [0.15, 0.2) is 0 Å². The van der Waals surface area contributed by atoms with Gasteiger partial charge in [0, 0.05) is 23.9 Å². The van der Waals surface area contributed by atoms with E-state index < -0.39 is 4.92 Å². The predicted octanol–water partition coefficient (Wildman–Crippen LogP) is 4.42. The highest BCUT2D eigenvalue weighted by Gasteiger charge is 2.09. The van der Waals surface area contributed by atoms with Crippen molar-refractivity contribution < 1.29 is 15.1 Å². The van der Waals surface area contributed by atoms with Crippen LogP contribution in [0.2, 0.25) is 0 Å². The molecule has 3 rings (SSSR count). The molecule has 0 fully saturated rings. The van der Waals surface area contributed by atoms with Gasteiger partial charge in [0.25, 0.3) is 5.69 Å². The molecule has 0 aliphatic heterocycles. The van der Waals surface area contributed by atoms with Crippen LogP contribution in [-0.2, 0) is 0 Å². The molecule has 0 aliphatic rings. The van der Waals surface area contributed by atoms with Gasteiger partial charge >= 0.3 is 0 Å². The van der Waals surface area contributed by atoms with Gasteiger partial charge in [0.1, 0.15) is 17.2 Å². The Balaban J connectivity index is 1.90. The fourth-order valence-electron chi connectivity index (χ4n) is 2.34. The van der Waals surface area contributed by atoms with Crippen molar-refractivity contribution in [3.63, 3.8) is 0 Å². The van der Waals surface area contributed by atoms with E-state index in [4.69, 9.17) is 0 Å². The third kappa shape index (κ3) is 3.64. The number of non-ortho nitro benzene ring substituents is 1. The maximum atomic E-state index is 10.8. The van der Waals surface area contributed by atoms with Crippen molar-refractivity contribution in [2.75, 3.05) is 0 Å². The van der Waals surface area contributed by atoms with Crippen LogP contribution in [0.15, 0.2) is 71.7 Å². The SMILES string of the molecule is O=[N+]([O-])c1ccc(O)c(C=Nc2ccc(-c3ccccc3)cc2O)c1. The summed E-state index contributed by atoms with van der Waals surface area (Å²) in [5.74, 6) is -0.155. The summed E-state index contributed by atoms with van der Waals surface area (Å²) in [5, 5.41) is 30.7. The van der Waals surface area contributed by atoms with Gasteiger partial charge < -0.3 is 10.2 Å². The summed E-state index contributed by atoms with van der Waals surface area (Å²) >= 11 is 0. The van der Waals surface area contributed by atoms with Crippen molar-refractivity contribution in [3.8, 4) is 22.6 Å².